The van der Waals surface area contributed by atoms with Gasteiger partial charge in [0.2, 0.25) is 0 Å². The second-order valence-corrected chi connectivity index (χ2v) is 3.81. The molecule has 2 aromatic heterocycles. The standard InChI is InChI=1S/C9H9N4S.W/c1-5-4-10-12-8(6(5)2)9-11-7(3)13-14-9;/h1-3H3;/q-1;+2. The van der Waals surface area contributed by atoms with Gasteiger partial charge in [0, 0.05) is 5.69 Å². The molecular formula is C9H9N4SW+. The van der Waals surface area contributed by atoms with Crippen LogP contribution < -0.4 is 0 Å². The number of nitrogens with zero attached hydrogens (tertiary/aromatic N) is 4. The topological polar surface area (TPSA) is 51.6 Å². The van der Waals surface area contributed by atoms with Crippen molar-refractivity contribution in [2.45, 2.75) is 20.8 Å². The van der Waals surface area contributed by atoms with Crippen molar-refractivity contribution < 1.29 is 21.1 Å². The summed E-state index contributed by atoms with van der Waals surface area (Å²) in [5, 5.41) is 8.64. The van der Waals surface area contributed by atoms with Gasteiger partial charge in [0.15, 0.2) is 0 Å². The maximum Gasteiger partial charge on any atom is 2.00 e. The van der Waals surface area contributed by atoms with Crippen LogP contribution >= 0.6 is 11.5 Å². The van der Waals surface area contributed by atoms with Crippen LogP contribution in [0.1, 0.15) is 17.0 Å². The van der Waals surface area contributed by atoms with E-state index in [0.717, 1.165) is 27.7 Å². The van der Waals surface area contributed by atoms with Gasteiger partial charge < -0.3 is 0 Å². The second kappa shape index (κ2) is 4.90. The Morgan fingerprint density at radius 3 is 2.53 bits per heavy atom. The molecule has 0 aliphatic heterocycles. The van der Waals surface area contributed by atoms with Crippen LogP contribution in [-0.4, -0.2) is 19.6 Å². The molecular weight excluding hydrogens is 380 g/mol. The van der Waals surface area contributed by atoms with Crippen molar-refractivity contribution >= 4 is 11.5 Å². The molecule has 0 spiro atoms. The molecule has 0 unspecified atom stereocenters. The van der Waals surface area contributed by atoms with Crippen molar-refractivity contribution in [3.8, 4) is 10.7 Å². The van der Waals surface area contributed by atoms with Crippen LogP contribution in [-0.2, 0) is 21.1 Å². The van der Waals surface area contributed by atoms with Crippen LogP contribution in [0, 0.1) is 27.0 Å². The molecule has 2 aromatic rings. The molecule has 0 aliphatic carbocycles. The molecule has 15 heavy (non-hydrogen) atoms. The Morgan fingerprint density at radius 1 is 1.20 bits per heavy atom. The van der Waals surface area contributed by atoms with Gasteiger partial charge in [-0.2, -0.15) is 20.6 Å². The Kier molecular flexibility index (Phi) is 4.05. The first kappa shape index (κ1) is 12.4. The zero-order valence-electron chi connectivity index (χ0n) is 8.61. The summed E-state index contributed by atoms with van der Waals surface area (Å²) >= 11 is 1.35. The van der Waals surface area contributed by atoms with Gasteiger partial charge in [-0.3, -0.25) is 5.10 Å². The molecule has 0 saturated carbocycles. The molecule has 4 nitrogen and oxygen atoms in total. The Labute approximate surface area is 107 Å². The van der Waals surface area contributed by atoms with E-state index >= 15 is 0 Å². The molecule has 0 N–H and O–H groups in total. The van der Waals surface area contributed by atoms with Crippen LogP contribution in [0.15, 0.2) is 0 Å². The first-order valence-electron chi connectivity index (χ1n) is 4.20. The minimum Gasteiger partial charge on any atom is -0.267 e. The Hall–Kier alpha value is -0.672. The Bertz CT molecular complexity index is 469. The van der Waals surface area contributed by atoms with Crippen LogP contribution in [0.4, 0.5) is 0 Å². The van der Waals surface area contributed by atoms with Gasteiger partial charge in [-0.1, -0.05) is 6.92 Å². The monoisotopic (exact) mass is 389 g/mol. The molecule has 2 rings (SSSR count). The number of aromatic nitrogens is 4. The third kappa shape index (κ3) is 2.47. The molecule has 0 saturated heterocycles. The molecule has 0 aromatic carbocycles. The number of rotatable bonds is 1. The van der Waals surface area contributed by atoms with E-state index in [1.807, 2.05) is 20.8 Å². The first-order valence-corrected chi connectivity index (χ1v) is 4.98. The van der Waals surface area contributed by atoms with E-state index in [0.29, 0.717) is 0 Å². The van der Waals surface area contributed by atoms with E-state index in [2.05, 4.69) is 25.8 Å². The van der Waals surface area contributed by atoms with Gasteiger partial charge >= 0.3 is 21.1 Å². The fraction of sp³-hybridized carbons (Fsp3) is 0.333. The summed E-state index contributed by atoms with van der Waals surface area (Å²) in [5.41, 5.74) is 2.88. The molecule has 0 amide bonds. The Morgan fingerprint density at radius 2 is 1.93 bits per heavy atom. The fourth-order valence-corrected chi connectivity index (χ4v) is 1.80. The molecule has 0 aliphatic rings. The summed E-state index contributed by atoms with van der Waals surface area (Å²) in [6, 6.07) is 0. The largest absolute Gasteiger partial charge is 2.00 e. The second-order valence-electron chi connectivity index (χ2n) is 3.06. The quantitative estimate of drug-likeness (QED) is 0.698. The Balaban J connectivity index is 0.00000112. The number of aryl methyl sites for hydroxylation is 2. The van der Waals surface area contributed by atoms with E-state index in [4.69, 9.17) is 0 Å². The third-order valence-electron chi connectivity index (χ3n) is 2.02. The van der Waals surface area contributed by atoms with Crippen molar-refractivity contribution in [3.05, 3.63) is 23.1 Å². The van der Waals surface area contributed by atoms with Crippen molar-refractivity contribution in [1.82, 2.24) is 19.6 Å². The molecule has 0 radical (unpaired) electrons. The van der Waals surface area contributed by atoms with Crippen molar-refractivity contribution in [1.29, 1.82) is 0 Å². The number of hydrogen-bond donors (Lipinski definition) is 0. The van der Waals surface area contributed by atoms with Crippen LogP contribution in [0.25, 0.3) is 10.7 Å². The van der Waals surface area contributed by atoms with E-state index in [9.17, 15) is 0 Å². The van der Waals surface area contributed by atoms with E-state index in [1.165, 1.54) is 11.5 Å². The zero-order valence-corrected chi connectivity index (χ0v) is 12.4. The smallest absolute Gasteiger partial charge is 0.267 e. The van der Waals surface area contributed by atoms with Crippen molar-refractivity contribution in [3.63, 3.8) is 0 Å². The summed E-state index contributed by atoms with van der Waals surface area (Å²) in [7, 11) is 0. The van der Waals surface area contributed by atoms with E-state index in [1.54, 1.807) is 0 Å². The van der Waals surface area contributed by atoms with Crippen LogP contribution in [0.2, 0.25) is 0 Å². The van der Waals surface area contributed by atoms with Gasteiger partial charge in [-0.25, -0.2) is 4.98 Å². The SMILES string of the molecule is Cc1nsc(-c2nn[c-]c(C)c2C)n1.[W+2]. The van der Waals surface area contributed by atoms with Crippen molar-refractivity contribution in [2.75, 3.05) is 0 Å². The van der Waals surface area contributed by atoms with Gasteiger partial charge in [0.25, 0.3) is 0 Å². The average Bonchev–Trinajstić information content (AvgIpc) is 2.57. The molecule has 0 atom stereocenters. The summed E-state index contributed by atoms with van der Waals surface area (Å²) < 4.78 is 4.12. The molecule has 2 heterocycles. The van der Waals surface area contributed by atoms with E-state index in [-0.39, 0.29) is 21.1 Å². The van der Waals surface area contributed by atoms with Crippen LogP contribution in [0.3, 0.4) is 0 Å². The van der Waals surface area contributed by atoms with Gasteiger partial charge in [-0.05, 0) is 18.5 Å². The first-order chi connectivity index (χ1) is 6.68. The maximum atomic E-state index is 4.27. The minimum absolute atomic E-state index is 0. The van der Waals surface area contributed by atoms with Gasteiger partial charge in [0.1, 0.15) is 10.8 Å². The minimum atomic E-state index is 0. The molecule has 76 valence electrons. The summed E-state index contributed by atoms with van der Waals surface area (Å²) in [6.07, 6.45) is 2.81. The summed E-state index contributed by atoms with van der Waals surface area (Å²) in [4.78, 5) is 4.27. The molecule has 0 bridgehead atoms. The van der Waals surface area contributed by atoms with Gasteiger partial charge in [0.05, 0.1) is 0 Å². The zero-order chi connectivity index (χ0) is 10.1. The van der Waals surface area contributed by atoms with Crippen LogP contribution in [0.5, 0.6) is 0 Å². The van der Waals surface area contributed by atoms with E-state index < -0.39 is 0 Å². The predicted molar refractivity (Wildman–Crippen MR) is 54.0 cm³/mol. The third-order valence-corrected chi connectivity index (χ3v) is 2.83. The normalized spacial score (nSPS) is 9.80. The van der Waals surface area contributed by atoms with Gasteiger partial charge in [-0.15, -0.1) is 13.1 Å². The molecule has 0 fully saturated rings. The summed E-state index contributed by atoms with van der Waals surface area (Å²) in [6.45, 7) is 5.82. The van der Waals surface area contributed by atoms with Crippen molar-refractivity contribution in [2.24, 2.45) is 0 Å². The maximum absolute atomic E-state index is 4.27. The predicted octanol–water partition coefficient (Wildman–Crippen LogP) is 1.72. The summed E-state index contributed by atoms with van der Waals surface area (Å²) in [5.74, 6) is 0.775. The number of hydrogen-bond acceptors (Lipinski definition) is 5. The molecule has 6 heteroatoms. The average molecular weight is 389 g/mol. The fourth-order valence-electron chi connectivity index (χ4n) is 1.08.